The van der Waals surface area contributed by atoms with Gasteiger partial charge in [0.05, 0.1) is 0 Å². The minimum Gasteiger partial charge on any atom is -0.356 e. The van der Waals surface area contributed by atoms with Gasteiger partial charge in [0.1, 0.15) is 12.1 Å². The summed E-state index contributed by atoms with van der Waals surface area (Å²) in [7, 11) is 0. The number of rotatable bonds is 3. The maximum absolute atomic E-state index is 5.91. The van der Waals surface area contributed by atoms with Gasteiger partial charge in [-0.2, -0.15) is 0 Å². The number of nitrogens with one attached hydrogen (secondary N) is 2. The van der Waals surface area contributed by atoms with Crippen LogP contribution in [0.25, 0.3) is 0 Å². The van der Waals surface area contributed by atoms with Crippen molar-refractivity contribution in [3.05, 3.63) is 18.1 Å². The number of nitrogens with two attached hydrogens (primary N) is 1. The van der Waals surface area contributed by atoms with E-state index in [1.54, 1.807) is 6.33 Å². The first-order valence-corrected chi connectivity index (χ1v) is 9.01. The molecule has 6 nitrogen and oxygen atoms in total. The zero-order chi connectivity index (χ0) is 15.8. The molecule has 0 aromatic carbocycles. The Bertz CT molecular complexity index is 536. The van der Waals surface area contributed by atoms with E-state index in [0.29, 0.717) is 18.0 Å². The molecule has 126 valence electrons. The van der Waals surface area contributed by atoms with E-state index < -0.39 is 0 Å². The van der Waals surface area contributed by atoms with E-state index >= 15 is 0 Å². The van der Waals surface area contributed by atoms with Crippen LogP contribution in [0, 0.1) is 11.8 Å². The molecule has 23 heavy (non-hydrogen) atoms. The van der Waals surface area contributed by atoms with Gasteiger partial charge in [-0.25, -0.2) is 9.97 Å². The van der Waals surface area contributed by atoms with Gasteiger partial charge in [-0.15, -0.1) is 0 Å². The van der Waals surface area contributed by atoms with E-state index in [1.807, 2.05) is 0 Å². The fourth-order valence-electron chi connectivity index (χ4n) is 4.34. The van der Waals surface area contributed by atoms with Crippen LogP contribution in [0.1, 0.15) is 44.2 Å². The summed E-state index contributed by atoms with van der Waals surface area (Å²) in [5.41, 5.74) is 13.9. The van der Waals surface area contributed by atoms with Gasteiger partial charge in [0.25, 0.3) is 0 Å². The lowest BCUT2D eigenvalue weighted by molar-refractivity contribution is 0.276. The summed E-state index contributed by atoms with van der Waals surface area (Å²) in [6.45, 7) is 5.61. The average Bonchev–Trinajstić information content (AvgIpc) is 2.98. The molecule has 4 rings (SSSR count). The van der Waals surface area contributed by atoms with Crippen molar-refractivity contribution in [2.45, 2.75) is 50.6 Å². The average molecular weight is 316 g/mol. The molecule has 0 bridgehead atoms. The van der Waals surface area contributed by atoms with Crippen LogP contribution in [-0.4, -0.2) is 41.7 Å². The van der Waals surface area contributed by atoms with Crippen LogP contribution in [0.3, 0.4) is 0 Å². The summed E-state index contributed by atoms with van der Waals surface area (Å²) in [4.78, 5) is 11.4. The summed E-state index contributed by atoms with van der Waals surface area (Å²) in [5, 5.41) is 0. The summed E-state index contributed by atoms with van der Waals surface area (Å²) < 4.78 is 0. The van der Waals surface area contributed by atoms with Crippen LogP contribution < -0.4 is 21.5 Å². The molecule has 1 aromatic rings. The molecule has 6 heteroatoms. The molecule has 3 heterocycles. The summed E-state index contributed by atoms with van der Waals surface area (Å²) >= 11 is 0. The SMILES string of the molecule is CC1CNNC1C1CCN(c2cc(C3CC(N)C3)ncn2)CC1. The Morgan fingerprint density at radius 3 is 2.65 bits per heavy atom. The number of hydrogen-bond donors (Lipinski definition) is 3. The van der Waals surface area contributed by atoms with E-state index in [4.69, 9.17) is 5.73 Å². The van der Waals surface area contributed by atoms with Crippen LogP contribution in [0.15, 0.2) is 12.4 Å². The Labute approximate surface area is 138 Å². The van der Waals surface area contributed by atoms with Crippen molar-refractivity contribution < 1.29 is 0 Å². The number of nitrogens with zero attached hydrogens (tertiary/aromatic N) is 3. The van der Waals surface area contributed by atoms with Gasteiger partial charge in [0.15, 0.2) is 0 Å². The summed E-state index contributed by atoms with van der Waals surface area (Å²) in [5.74, 6) is 3.13. The number of anilines is 1. The molecule has 2 atom stereocenters. The van der Waals surface area contributed by atoms with Crippen molar-refractivity contribution in [3.8, 4) is 0 Å². The fourth-order valence-corrected chi connectivity index (χ4v) is 4.34. The van der Waals surface area contributed by atoms with Crippen LogP contribution in [0.5, 0.6) is 0 Å². The minimum absolute atomic E-state index is 0.365. The molecule has 1 aliphatic carbocycles. The fraction of sp³-hybridized carbons (Fsp3) is 0.765. The highest BCUT2D eigenvalue weighted by Crippen LogP contribution is 2.36. The molecule has 2 unspecified atom stereocenters. The third-order valence-corrected chi connectivity index (χ3v) is 5.94. The molecule has 1 saturated carbocycles. The zero-order valence-electron chi connectivity index (χ0n) is 13.9. The van der Waals surface area contributed by atoms with Crippen LogP contribution in [0.2, 0.25) is 0 Å². The Morgan fingerprint density at radius 2 is 2.00 bits per heavy atom. The summed E-state index contributed by atoms with van der Waals surface area (Å²) in [6.07, 6.45) is 6.33. The van der Waals surface area contributed by atoms with E-state index in [-0.39, 0.29) is 0 Å². The standard InChI is InChI=1S/C17H28N6/c1-11-9-21-22-17(11)12-2-4-23(5-3-12)16-8-15(19-10-20-16)13-6-14(18)7-13/h8,10-14,17,21-22H,2-7,9,18H2,1H3. The highest BCUT2D eigenvalue weighted by atomic mass is 15.4. The van der Waals surface area contributed by atoms with E-state index in [1.165, 1.54) is 18.5 Å². The molecule has 0 radical (unpaired) electrons. The Balaban J connectivity index is 1.37. The number of aromatic nitrogens is 2. The predicted octanol–water partition coefficient (Wildman–Crippen LogP) is 1.01. The van der Waals surface area contributed by atoms with Gasteiger partial charge in [-0.1, -0.05) is 6.92 Å². The normalized spacial score (nSPS) is 35.3. The first-order chi connectivity index (χ1) is 11.2. The first kappa shape index (κ1) is 15.3. The van der Waals surface area contributed by atoms with Gasteiger partial charge in [0, 0.05) is 49.4 Å². The van der Waals surface area contributed by atoms with Gasteiger partial charge in [-0.3, -0.25) is 10.9 Å². The molecule has 3 aliphatic rings. The molecule has 0 spiro atoms. The zero-order valence-corrected chi connectivity index (χ0v) is 13.9. The van der Waals surface area contributed by atoms with Crippen molar-refractivity contribution in [1.29, 1.82) is 0 Å². The van der Waals surface area contributed by atoms with Crippen LogP contribution >= 0.6 is 0 Å². The molecule has 0 amide bonds. The van der Waals surface area contributed by atoms with Gasteiger partial charge < -0.3 is 10.6 Å². The molecule has 2 aliphatic heterocycles. The first-order valence-electron chi connectivity index (χ1n) is 9.01. The van der Waals surface area contributed by atoms with E-state index in [9.17, 15) is 0 Å². The van der Waals surface area contributed by atoms with Crippen LogP contribution in [0.4, 0.5) is 5.82 Å². The molecule has 3 fully saturated rings. The maximum Gasteiger partial charge on any atom is 0.132 e. The van der Waals surface area contributed by atoms with Crippen molar-refractivity contribution in [2.24, 2.45) is 17.6 Å². The highest BCUT2D eigenvalue weighted by Gasteiger charge is 2.33. The molecule has 1 aromatic heterocycles. The van der Waals surface area contributed by atoms with Crippen LogP contribution in [-0.2, 0) is 0 Å². The smallest absolute Gasteiger partial charge is 0.132 e. The predicted molar refractivity (Wildman–Crippen MR) is 91.0 cm³/mol. The molecule has 2 saturated heterocycles. The third kappa shape index (κ3) is 3.07. The lowest BCUT2D eigenvalue weighted by Gasteiger charge is -2.37. The topological polar surface area (TPSA) is 79.1 Å². The maximum atomic E-state index is 5.91. The molecular weight excluding hydrogens is 288 g/mol. The Hall–Kier alpha value is -1.24. The third-order valence-electron chi connectivity index (χ3n) is 5.94. The highest BCUT2D eigenvalue weighted by molar-refractivity contribution is 5.40. The second kappa shape index (κ2) is 6.34. The second-order valence-corrected chi connectivity index (χ2v) is 7.58. The molecule has 4 N–H and O–H groups in total. The number of hydrogen-bond acceptors (Lipinski definition) is 6. The lowest BCUT2D eigenvalue weighted by atomic mass is 9.78. The van der Waals surface area contributed by atoms with E-state index in [0.717, 1.165) is 50.1 Å². The van der Waals surface area contributed by atoms with Crippen molar-refractivity contribution in [1.82, 2.24) is 20.8 Å². The second-order valence-electron chi connectivity index (χ2n) is 7.58. The number of piperidine rings is 1. The molecular formula is C17H28N6. The quantitative estimate of drug-likeness (QED) is 0.772. The van der Waals surface area contributed by atoms with Gasteiger partial charge >= 0.3 is 0 Å². The number of hydrazine groups is 1. The Morgan fingerprint density at radius 1 is 1.22 bits per heavy atom. The largest absolute Gasteiger partial charge is 0.356 e. The Kier molecular flexibility index (Phi) is 4.22. The minimum atomic E-state index is 0.365. The van der Waals surface area contributed by atoms with Gasteiger partial charge in [-0.05, 0) is 37.5 Å². The van der Waals surface area contributed by atoms with Crippen molar-refractivity contribution in [2.75, 3.05) is 24.5 Å². The summed E-state index contributed by atoms with van der Waals surface area (Å²) in [6, 6.07) is 3.17. The van der Waals surface area contributed by atoms with E-state index in [2.05, 4.69) is 38.7 Å². The van der Waals surface area contributed by atoms with Gasteiger partial charge in [0.2, 0.25) is 0 Å². The lowest BCUT2D eigenvalue weighted by Crippen LogP contribution is -2.44. The monoisotopic (exact) mass is 316 g/mol. The van der Waals surface area contributed by atoms with Crippen molar-refractivity contribution in [3.63, 3.8) is 0 Å². The van der Waals surface area contributed by atoms with Crippen molar-refractivity contribution >= 4 is 5.82 Å².